The monoisotopic (exact) mass is 490 g/mol. The molecule has 3 heterocycles. The molecular weight excluding hydrogens is 469 g/mol. The summed E-state index contributed by atoms with van der Waals surface area (Å²) < 4.78 is 38.3. The van der Waals surface area contributed by atoms with Crippen LogP contribution in [0.1, 0.15) is 35.7 Å². The third-order valence-corrected chi connectivity index (χ3v) is 6.17. The van der Waals surface area contributed by atoms with Crippen molar-refractivity contribution in [3.8, 4) is 11.4 Å². The van der Waals surface area contributed by atoms with Crippen LogP contribution >= 0.6 is 11.6 Å². The lowest BCUT2D eigenvalue weighted by atomic mass is 9.89. The Kier molecular flexibility index (Phi) is 6.97. The number of halogens is 4. The zero-order chi connectivity index (χ0) is 24.3. The number of amides is 1. The molecule has 1 aliphatic rings. The van der Waals surface area contributed by atoms with Crippen molar-refractivity contribution >= 4 is 23.5 Å². The minimum atomic E-state index is -4.50. The number of piperidine rings is 1. The van der Waals surface area contributed by atoms with Gasteiger partial charge in [0.1, 0.15) is 0 Å². The quantitative estimate of drug-likeness (QED) is 0.544. The molecule has 34 heavy (non-hydrogen) atoms. The molecule has 1 fully saturated rings. The average molecular weight is 491 g/mol. The van der Waals surface area contributed by atoms with E-state index in [9.17, 15) is 18.0 Å². The highest BCUT2D eigenvalue weighted by Gasteiger charge is 2.34. The van der Waals surface area contributed by atoms with Gasteiger partial charge in [0.25, 0.3) is 5.91 Å². The molecule has 1 N–H and O–H groups in total. The molecule has 2 atom stereocenters. The third kappa shape index (κ3) is 5.11. The SMILES string of the molecule is CC1CCCN(C(=O)c2cccc(Cl)c2-c2ncccn2)C1CNc1ncc(C(F)(F)F)cn1. The second-order valence-corrected chi connectivity index (χ2v) is 8.50. The second kappa shape index (κ2) is 9.92. The number of rotatable bonds is 5. The maximum atomic E-state index is 13.7. The van der Waals surface area contributed by atoms with Gasteiger partial charge in [-0.05, 0) is 37.0 Å². The van der Waals surface area contributed by atoms with Crippen molar-refractivity contribution < 1.29 is 18.0 Å². The van der Waals surface area contributed by atoms with Gasteiger partial charge >= 0.3 is 6.18 Å². The van der Waals surface area contributed by atoms with Crippen molar-refractivity contribution in [1.82, 2.24) is 24.8 Å². The van der Waals surface area contributed by atoms with E-state index in [1.165, 1.54) is 0 Å². The number of hydrogen-bond donors (Lipinski definition) is 1. The number of carbonyl (C=O) groups is 1. The van der Waals surface area contributed by atoms with Gasteiger partial charge in [-0.3, -0.25) is 4.79 Å². The van der Waals surface area contributed by atoms with Crippen LogP contribution in [0.15, 0.2) is 49.1 Å². The fraction of sp³-hybridized carbons (Fsp3) is 0.348. The van der Waals surface area contributed by atoms with E-state index in [2.05, 4.69) is 25.3 Å². The van der Waals surface area contributed by atoms with Crippen LogP contribution in [-0.4, -0.2) is 49.9 Å². The number of nitrogens with zero attached hydrogens (tertiary/aromatic N) is 5. The van der Waals surface area contributed by atoms with Crippen LogP contribution in [0, 0.1) is 5.92 Å². The lowest BCUT2D eigenvalue weighted by Gasteiger charge is -2.40. The van der Waals surface area contributed by atoms with Crippen molar-refractivity contribution in [2.45, 2.75) is 32.0 Å². The van der Waals surface area contributed by atoms with Crippen LogP contribution in [0.2, 0.25) is 5.02 Å². The summed E-state index contributed by atoms with van der Waals surface area (Å²) in [6, 6.07) is 6.54. The summed E-state index contributed by atoms with van der Waals surface area (Å²) in [6.45, 7) is 2.86. The van der Waals surface area contributed by atoms with Gasteiger partial charge in [-0.15, -0.1) is 0 Å². The molecule has 11 heteroatoms. The molecule has 4 rings (SSSR count). The Morgan fingerprint density at radius 2 is 1.85 bits per heavy atom. The average Bonchev–Trinajstić information content (AvgIpc) is 2.83. The lowest BCUT2D eigenvalue weighted by Crippen LogP contribution is -2.51. The number of hydrogen-bond acceptors (Lipinski definition) is 6. The lowest BCUT2D eigenvalue weighted by molar-refractivity contribution is -0.138. The summed E-state index contributed by atoms with van der Waals surface area (Å²) in [6.07, 6.45) is 1.88. The summed E-state index contributed by atoms with van der Waals surface area (Å²) >= 11 is 6.44. The molecule has 0 saturated carbocycles. The summed E-state index contributed by atoms with van der Waals surface area (Å²) in [4.78, 5) is 31.5. The van der Waals surface area contributed by atoms with E-state index < -0.39 is 11.7 Å². The number of nitrogens with one attached hydrogen (secondary N) is 1. The Morgan fingerprint density at radius 1 is 1.15 bits per heavy atom. The minimum Gasteiger partial charge on any atom is -0.352 e. The number of likely N-dealkylation sites (tertiary alicyclic amines) is 1. The molecule has 1 aromatic carbocycles. The Bertz CT molecular complexity index is 1140. The van der Waals surface area contributed by atoms with Gasteiger partial charge in [0, 0.05) is 37.9 Å². The third-order valence-electron chi connectivity index (χ3n) is 5.86. The zero-order valence-corrected chi connectivity index (χ0v) is 19.0. The predicted molar refractivity (Wildman–Crippen MR) is 121 cm³/mol. The summed E-state index contributed by atoms with van der Waals surface area (Å²) in [5.74, 6) is 0.362. The molecule has 0 bridgehead atoms. The van der Waals surface area contributed by atoms with E-state index in [1.54, 1.807) is 41.6 Å². The molecule has 2 unspecified atom stereocenters. The van der Waals surface area contributed by atoms with Crippen LogP contribution in [0.25, 0.3) is 11.4 Å². The summed E-state index contributed by atoms with van der Waals surface area (Å²) in [7, 11) is 0. The Labute approximate surface area is 199 Å². The number of anilines is 1. The van der Waals surface area contributed by atoms with Gasteiger partial charge in [-0.25, -0.2) is 19.9 Å². The number of carbonyl (C=O) groups excluding carboxylic acids is 1. The predicted octanol–water partition coefficient (Wildman–Crippen LogP) is 4.96. The van der Waals surface area contributed by atoms with Crippen LogP contribution < -0.4 is 5.32 Å². The summed E-state index contributed by atoms with van der Waals surface area (Å²) in [5.41, 5.74) is -0.0631. The largest absolute Gasteiger partial charge is 0.419 e. The highest BCUT2D eigenvalue weighted by molar-refractivity contribution is 6.34. The maximum Gasteiger partial charge on any atom is 0.419 e. The maximum absolute atomic E-state index is 13.7. The normalized spacial score (nSPS) is 18.6. The molecular formula is C23H22ClF3N6O. The molecule has 178 valence electrons. The Hall–Kier alpha value is -3.27. The first kappa shape index (κ1) is 23.9. The van der Waals surface area contributed by atoms with Crippen LogP contribution in [0.4, 0.5) is 19.1 Å². The molecule has 0 aliphatic carbocycles. The van der Waals surface area contributed by atoms with Gasteiger partial charge in [0.05, 0.1) is 27.8 Å². The van der Waals surface area contributed by atoms with E-state index in [0.29, 0.717) is 28.5 Å². The fourth-order valence-electron chi connectivity index (χ4n) is 4.09. The van der Waals surface area contributed by atoms with Gasteiger partial charge in [0.2, 0.25) is 5.95 Å². The molecule has 0 radical (unpaired) electrons. The number of aromatic nitrogens is 4. The van der Waals surface area contributed by atoms with E-state index in [1.807, 2.05) is 6.92 Å². The number of alkyl halides is 3. The van der Waals surface area contributed by atoms with Crippen LogP contribution in [-0.2, 0) is 6.18 Å². The fourth-order valence-corrected chi connectivity index (χ4v) is 4.35. The first-order valence-electron chi connectivity index (χ1n) is 10.8. The first-order chi connectivity index (χ1) is 16.3. The second-order valence-electron chi connectivity index (χ2n) is 8.09. The standard InChI is InChI=1S/C23H22ClF3N6O/c1-14-5-3-10-33(18(14)13-32-22-30-11-15(12-31-22)23(25,26)27)21(34)16-6-2-7-17(24)19(16)20-28-8-4-9-29-20/h2,4,6-9,11-12,14,18H,3,5,10,13H2,1H3,(H,30,31,32). The molecule has 1 aliphatic heterocycles. The van der Waals surface area contributed by atoms with Gasteiger partial charge < -0.3 is 10.2 Å². The number of benzene rings is 1. The molecule has 3 aromatic rings. The summed E-state index contributed by atoms with van der Waals surface area (Å²) in [5, 5.41) is 3.35. The smallest absolute Gasteiger partial charge is 0.352 e. The van der Waals surface area contributed by atoms with Crippen molar-refractivity contribution in [3.05, 3.63) is 65.2 Å². The van der Waals surface area contributed by atoms with E-state index in [0.717, 1.165) is 25.2 Å². The molecule has 2 aromatic heterocycles. The van der Waals surface area contributed by atoms with E-state index in [4.69, 9.17) is 11.6 Å². The van der Waals surface area contributed by atoms with E-state index >= 15 is 0 Å². The van der Waals surface area contributed by atoms with Gasteiger partial charge in [0.15, 0.2) is 5.82 Å². The molecule has 1 saturated heterocycles. The highest BCUT2D eigenvalue weighted by Crippen LogP contribution is 2.32. The van der Waals surface area contributed by atoms with Crippen LogP contribution in [0.5, 0.6) is 0 Å². The van der Waals surface area contributed by atoms with Gasteiger partial charge in [-0.1, -0.05) is 24.6 Å². The topological polar surface area (TPSA) is 83.9 Å². The first-order valence-corrected chi connectivity index (χ1v) is 11.1. The zero-order valence-electron chi connectivity index (χ0n) is 18.3. The van der Waals surface area contributed by atoms with Crippen molar-refractivity contribution in [2.24, 2.45) is 5.92 Å². The minimum absolute atomic E-state index is 0.0688. The Morgan fingerprint density at radius 3 is 2.53 bits per heavy atom. The molecule has 1 amide bonds. The van der Waals surface area contributed by atoms with E-state index in [-0.39, 0.29) is 30.4 Å². The Balaban J connectivity index is 1.57. The van der Waals surface area contributed by atoms with Crippen molar-refractivity contribution in [2.75, 3.05) is 18.4 Å². The van der Waals surface area contributed by atoms with Crippen molar-refractivity contribution in [3.63, 3.8) is 0 Å². The highest BCUT2D eigenvalue weighted by atomic mass is 35.5. The molecule has 7 nitrogen and oxygen atoms in total. The molecule has 0 spiro atoms. The van der Waals surface area contributed by atoms with Gasteiger partial charge in [-0.2, -0.15) is 13.2 Å². The van der Waals surface area contributed by atoms with Crippen molar-refractivity contribution in [1.29, 1.82) is 0 Å². The van der Waals surface area contributed by atoms with Crippen LogP contribution in [0.3, 0.4) is 0 Å².